The maximum atomic E-state index is 5.36. The molecule has 0 bridgehead atoms. The molecule has 1 heterocycles. The highest BCUT2D eigenvalue weighted by molar-refractivity contribution is 5.21. The Bertz CT molecular complexity index is 375. The lowest BCUT2D eigenvalue weighted by molar-refractivity contribution is 0.485. The molecule has 0 saturated heterocycles. The molecule has 0 aliphatic heterocycles. The van der Waals surface area contributed by atoms with Crippen LogP contribution in [0.25, 0.3) is 0 Å². The molecule has 1 radical (unpaired) electrons. The van der Waals surface area contributed by atoms with Gasteiger partial charge in [-0.15, -0.1) is 0 Å². The average molecular weight is 199 g/mol. The van der Waals surface area contributed by atoms with Gasteiger partial charge >= 0.3 is 0 Å². The van der Waals surface area contributed by atoms with E-state index in [1.54, 1.807) is 6.26 Å². The maximum Gasteiger partial charge on any atom is 0.104 e. The Morgan fingerprint density at radius 1 is 1.07 bits per heavy atom. The third kappa shape index (κ3) is 2.50. The summed E-state index contributed by atoms with van der Waals surface area (Å²) in [5.41, 5.74) is 1.34. The van der Waals surface area contributed by atoms with Crippen LogP contribution in [0.5, 0.6) is 0 Å². The number of hydrogen-bond donors (Lipinski definition) is 0. The van der Waals surface area contributed by atoms with Crippen LogP contribution in [0, 0.1) is 6.92 Å². The molecule has 0 aliphatic rings. The number of hydrogen-bond acceptors (Lipinski definition) is 1. The van der Waals surface area contributed by atoms with E-state index in [2.05, 4.69) is 31.2 Å². The molecule has 77 valence electrons. The van der Waals surface area contributed by atoms with Crippen LogP contribution < -0.4 is 0 Å². The topological polar surface area (TPSA) is 13.1 Å². The molecule has 1 aromatic heterocycles. The fourth-order valence-electron chi connectivity index (χ4n) is 1.78. The van der Waals surface area contributed by atoms with Gasteiger partial charge in [0.05, 0.1) is 6.26 Å². The summed E-state index contributed by atoms with van der Waals surface area (Å²) < 4.78 is 5.36. The Morgan fingerprint density at radius 3 is 2.47 bits per heavy atom. The Morgan fingerprint density at radius 2 is 1.87 bits per heavy atom. The number of rotatable bonds is 4. The molecule has 0 spiro atoms. The van der Waals surface area contributed by atoms with Crippen molar-refractivity contribution in [2.24, 2.45) is 0 Å². The smallest absolute Gasteiger partial charge is 0.104 e. The summed E-state index contributed by atoms with van der Waals surface area (Å²) >= 11 is 0. The molecule has 1 atom stereocenters. The second kappa shape index (κ2) is 4.83. The third-order valence-corrected chi connectivity index (χ3v) is 2.65. The second-order valence-corrected chi connectivity index (χ2v) is 3.68. The molecule has 0 aliphatic carbocycles. The zero-order valence-corrected chi connectivity index (χ0v) is 8.73. The lowest BCUT2D eigenvalue weighted by atomic mass is 9.92. The number of benzene rings is 1. The normalized spacial score (nSPS) is 12.6. The third-order valence-electron chi connectivity index (χ3n) is 2.65. The van der Waals surface area contributed by atoms with E-state index in [1.807, 2.05) is 18.2 Å². The summed E-state index contributed by atoms with van der Waals surface area (Å²) in [6, 6.07) is 14.4. The van der Waals surface area contributed by atoms with Crippen molar-refractivity contribution in [3.8, 4) is 0 Å². The molecule has 15 heavy (non-hydrogen) atoms. The van der Waals surface area contributed by atoms with E-state index in [0.717, 1.165) is 18.6 Å². The van der Waals surface area contributed by atoms with Crippen molar-refractivity contribution < 1.29 is 4.42 Å². The maximum absolute atomic E-state index is 5.36. The largest absolute Gasteiger partial charge is 0.469 e. The Kier molecular flexibility index (Phi) is 3.23. The van der Waals surface area contributed by atoms with E-state index < -0.39 is 0 Å². The van der Waals surface area contributed by atoms with Crippen LogP contribution in [0.15, 0.2) is 53.1 Å². The van der Waals surface area contributed by atoms with E-state index in [4.69, 9.17) is 4.42 Å². The SMILES string of the molecule is [CH2]CC(Cc1ccco1)c1ccccc1. The van der Waals surface area contributed by atoms with Gasteiger partial charge in [-0.2, -0.15) is 0 Å². The highest BCUT2D eigenvalue weighted by Crippen LogP contribution is 2.23. The van der Waals surface area contributed by atoms with Crippen molar-refractivity contribution in [3.05, 3.63) is 67.0 Å². The first-order valence-electron chi connectivity index (χ1n) is 5.26. The van der Waals surface area contributed by atoms with Crippen molar-refractivity contribution in [1.29, 1.82) is 0 Å². The number of furan rings is 1. The highest BCUT2D eigenvalue weighted by Gasteiger charge is 2.10. The van der Waals surface area contributed by atoms with Gasteiger partial charge in [0.25, 0.3) is 0 Å². The van der Waals surface area contributed by atoms with Gasteiger partial charge < -0.3 is 4.42 Å². The predicted molar refractivity (Wildman–Crippen MR) is 61.6 cm³/mol. The van der Waals surface area contributed by atoms with Gasteiger partial charge in [-0.3, -0.25) is 0 Å². The Balaban J connectivity index is 2.12. The molecule has 0 fully saturated rings. The van der Waals surface area contributed by atoms with Gasteiger partial charge in [-0.05, 0) is 30.0 Å². The van der Waals surface area contributed by atoms with Crippen LogP contribution >= 0.6 is 0 Å². The Labute approximate surface area is 90.7 Å². The molecular weight excluding hydrogens is 184 g/mol. The fourth-order valence-corrected chi connectivity index (χ4v) is 1.78. The van der Waals surface area contributed by atoms with Crippen molar-refractivity contribution in [3.63, 3.8) is 0 Å². The first-order valence-corrected chi connectivity index (χ1v) is 5.26. The lowest BCUT2D eigenvalue weighted by Crippen LogP contribution is -2.00. The van der Waals surface area contributed by atoms with Crippen LogP contribution in [0.2, 0.25) is 0 Å². The van der Waals surface area contributed by atoms with Gasteiger partial charge in [0.15, 0.2) is 0 Å². The van der Waals surface area contributed by atoms with Crippen molar-refractivity contribution in [1.82, 2.24) is 0 Å². The summed E-state index contributed by atoms with van der Waals surface area (Å²) in [4.78, 5) is 0. The Hall–Kier alpha value is -1.50. The molecule has 1 heteroatoms. The zero-order valence-electron chi connectivity index (χ0n) is 8.73. The lowest BCUT2D eigenvalue weighted by Gasteiger charge is -2.13. The minimum absolute atomic E-state index is 0.456. The van der Waals surface area contributed by atoms with Gasteiger partial charge in [-0.1, -0.05) is 37.3 Å². The molecule has 2 aromatic rings. The summed E-state index contributed by atoms with van der Waals surface area (Å²) in [5.74, 6) is 1.49. The molecule has 1 nitrogen and oxygen atoms in total. The van der Waals surface area contributed by atoms with Crippen LogP contribution in [-0.2, 0) is 6.42 Å². The summed E-state index contributed by atoms with van der Waals surface area (Å²) in [7, 11) is 0. The average Bonchev–Trinajstić information content (AvgIpc) is 2.80. The van der Waals surface area contributed by atoms with Crippen LogP contribution in [0.1, 0.15) is 23.7 Å². The van der Waals surface area contributed by atoms with E-state index in [-0.39, 0.29) is 0 Å². The van der Waals surface area contributed by atoms with Gasteiger partial charge in [-0.25, -0.2) is 0 Å². The minimum Gasteiger partial charge on any atom is -0.469 e. The molecule has 0 saturated carbocycles. The van der Waals surface area contributed by atoms with Gasteiger partial charge in [0, 0.05) is 6.42 Å². The van der Waals surface area contributed by atoms with Crippen LogP contribution in [0.3, 0.4) is 0 Å². The summed E-state index contributed by atoms with van der Waals surface area (Å²) in [6.07, 6.45) is 3.55. The highest BCUT2D eigenvalue weighted by atomic mass is 16.3. The quantitative estimate of drug-likeness (QED) is 0.729. The molecule has 0 amide bonds. The van der Waals surface area contributed by atoms with Crippen LogP contribution in [0.4, 0.5) is 0 Å². The van der Waals surface area contributed by atoms with E-state index >= 15 is 0 Å². The second-order valence-electron chi connectivity index (χ2n) is 3.68. The first kappa shape index (κ1) is 10.0. The van der Waals surface area contributed by atoms with Crippen LogP contribution in [-0.4, -0.2) is 0 Å². The zero-order chi connectivity index (χ0) is 10.5. The molecule has 0 N–H and O–H groups in total. The molecule has 1 aromatic carbocycles. The predicted octanol–water partition coefficient (Wildman–Crippen LogP) is 3.83. The van der Waals surface area contributed by atoms with E-state index in [9.17, 15) is 0 Å². The van der Waals surface area contributed by atoms with E-state index in [1.165, 1.54) is 5.56 Å². The minimum atomic E-state index is 0.456. The molecule has 2 rings (SSSR count). The van der Waals surface area contributed by atoms with Gasteiger partial charge in [0.1, 0.15) is 5.76 Å². The fraction of sp³-hybridized carbons (Fsp3) is 0.214. The first-order chi connectivity index (χ1) is 7.40. The van der Waals surface area contributed by atoms with Crippen molar-refractivity contribution in [2.45, 2.75) is 18.8 Å². The monoisotopic (exact) mass is 199 g/mol. The standard InChI is InChI=1S/C14H15O/c1-2-12(11-14-9-6-10-15-14)13-7-4-3-5-8-13/h3-10,12H,1-2,11H2. The summed E-state index contributed by atoms with van der Waals surface area (Å²) in [6.45, 7) is 4.00. The van der Waals surface area contributed by atoms with E-state index in [0.29, 0.717) is 5.92 Å². The summed E-state index contributed by atoms with van der Waals surface area (Å²) in [5, 5.41) is 0. The van der Waals surface area contributed by atoms with Gasteiger partial charge in [0.2, 0.25) is 0 Å². The van der Waals surface area contributed by atoms with Crippen molar-refractivity contribution in [2.75, 3.05) is 0 Å². The van der Waals surface area contributed by atoms with Crippen molar-refractivity contribution >= 4 is 0 Å². The molecule has 1 unspecified atom stereocenters. The molecular formula is C14H15O.